The van der Waals surface area contributed by atoms with Crippen molar-refractivity contribution in [3.63, 3.8) is 0 Å². The number of benzene rings is 1. The van der Waals surface area contributed by atoms with Crippen LogP contribution in [0.5, 0.6) is 0 Å². The van der Waals surface area contributed by atoms with Crippen LogP contribution in [0.3, 0.4) is 0 Å². The predicted molar refractivity (Wildman–Crippen MR) is 81.4 cm³/mol. The van der Waals surface area contributed by atoms with Gasteiger partial charge < -0.3 is 5.32 Å². The summed E-state index contributed by atoms with van der Waals surface area (Å²) in [5.74, 6) is -1.42. The first kappa shape index (κ1) is 14.3. The van der Waals surface area contributed by atoms with E-state index < -0.39 is 17.7 Å². The van der Waals surface area contributed by atoms with E-state index >= 15 is 0 Å². The first-order chi connectivity index (χ1) is 10.1. The molecule has 1 N–H and O–H groups in total. The molecule has 21 heavy (non-hydrogen) atoms. The standard InChI is InChI=1S/C15H15BrN2O3/c16-9-6-7-12-11(8-9)13(19)14(20)18(12)15(21)17-10-4-2-1-3-5-10/h6-8,10H,1-5H2,(H,17,21). The quantitative estimate of drug-likeness (QED) is 0.791. The lowest BCUT2D eigenvalue weighted by molar-refractivity contribution is -0.113. The zero-order chi connectivity index (χ0) is 15.0. The van der Waals surface area contributed by atoms with Crippen LogP contribution in [-0.2, 0) is 4.79 Å². The van der Waals surface area contributed by atoms with E-state index in [0.717, 1.165) is 30.6 Å². The Morgan fingerprint density at radius 2 is 1.90 bits per heavy atom. The van der Waals surface area contributed by atoms with Gasteiger partial charge >= 0.3 is 11.9 Å². The van der Waals surface area contributed by atoms with E-state index in [1.807, 2.05) is 0 Å². The van der Waals surface area contributed by atoms with Gasteiger partial charge in [0.25, 0.3) is 5.78 Å². The molecule has 5 nitrogen and oxygen atoms in total. The Morgan fingerprint density at radius 1 is 1.19 bits per heavy atom. The number of amides is 3. The second-order valence-electron chi connectivity index (χ2n) is 5.42. The summed E-state index contributed by atoms with van der Waals surface area (Å²) in [6.45, 7) is 0. The molecular weight excluding hydrogens is 336 g/mol. The second-order valence-corrected chi connectivity index (χ2v) is 6.33. The van der Waals surface area contributed by atoms with Crippen molar-refractivity contribution in [1.29, 1.82) is 0 Å². The van der Waals surface area contributed by atoms with Crippen molar-refractivity contribution >= 4 is 39.3 Å². The molecule has 1 aromatic carbocycles. The summed E-state index contributed by atoms with van der Waals surface area (Å²) in [5.41, 5.74) is 0.634. The van der Waals surface area contributed by atoms with E-state index in [9.17, 15) is 14.4 Å². The van der Waals surface area contributed by atoms with Crippen LogP contribution in [0.1, 0.15) is 42.5 Å². The van der Waals surface area contributed by atoms with Gasteiger partial charge in [0.1, 0.15) is 0 Å². The van der Waals surface area contributed by atoms with Crippen LogP contribution in [0.2, 0.25) is 0 Å². The number of nitrogens with one attached hydrogen (secondary N) is 1. The molecule has 1 aromatic rings. The molecule has 0 atom stereocenters. The summed E-state index contributed by atoms with van der Waals surface area (Å²) in [5, 5.41) is 2.87. The topological polar surface area (TPSA) is 66.5 Å². The fraction of sp³-hybridized carbons (Fsp3) is 0.400. The van der Waals surface area contributed by atoms with Crippen LogP contribution >= 0.6 is 15.9 Å². The maximum absolute atomic E-state index is 12.3. The van der Waals surface area contributed by atoms with E-state index in [4.69, 9.17) is 0 Å². The van der Waals surface area contributed by atoms with Crippen LogP contribution < -0.4 is 10.2 Å². The summed E-state index contributed by atoms with van der Waals surface area (Å²) in [7, 11) is 0. The van der Waals surface area contributed by atoms with Crippen molar-refractivity contribution in [3.8, 4) is 0 Å². The molecule has 0 saturated heterocycles. The number of anilines is 1. The molecule has 0 aromatic heterocycles. The molecule has 2 aliphatic rings. The van der Waals surface area contributed by atoms with Crippen LogP contribution in [-0.4, -0.2) is 23.8 Å². The van der Waals surface area contributed by atoms with Crippen LogP contribution in [0.25, 0.3) is 0 Å². The number of halogens is 1. The monoisotopic (exact) mass is 350 g/mol. The number of hydrogen-bond donors (Lipinski definition) is 1. The maximum Gasteiger partial charge on any atom is 0.329 e. The molecule has 1 saturated carbocycles. The molecular formula is C15H15BrN2O3. The Labute approximate surface area is 130 Å². The van der Waals surface area contributed by atoms with Crippen molar-refractivity contribution in [3.05, 3.63) is 28.2 Å². The van der Waals surface area contributed by atoms with Crippen LogP contribution in [0.4, 0.5) is 10.5 Å². The molecule has 6 heteroatoms. The van der Waals surface area contributed by atoms with E-state index in [1.54, 1.807) is 18.2 Å². The van der Waals surface area contributed by atoms with Gasteiger partial charge in [-0.25, -0.2) is 9.69 Å². The lowest BCUT2D eigenvalue weighted by Gasteiger charge is -2.25. The number of nitrogens with zero attached hydrogens (tertiary/aromatic N) is 1. The average molecular weight is 351 g/mol. The zero-order valence-corrected chi connectivity index (χ0v) is 13.0. The number of hydrogen-bond acceptors (Lipinski definition) is 3. The van der Waals surface area contributed by atoms with Crippen molar-refractivity contribution < 1.29 is 14.4 Å². The number of Topliss-reactive ketones (excluding diaryl/α,β-unsaturated/α-hetero) is 1. The minimum absolute atomic E-state index is 0.0913. The normalized spacial score (nSPS) is 18.8. The van der Waals surface area contributed by atoms with E-state index in [2.05, 4.69) is 21.2 Å². The molecule has 110 valence electrons. The van der Waals surface area contributed by atoms with Gasteiger partial charge in [-0.2, -0.15) is 0 Å². The van der Waals surface area contributed by atoms with Crippen molar-refractivity contribution in [1.82, 2.24) is 5.32 Å². The Bertz CT molecular complexity index is 623. The Balaban J connectivity index is 1.83. The second kappa shape index (κ2) is 5.60. The average Bonchev–Trinajstić information content (AvgIpc) is 2.72. The molecule has 3 rings (SSSR count). The number of rotatable bonds is 1. The van der Waals surface area contributed by atoms with Crippen LogP contribution in [0.15, 0.2) is 22.7 Å². The maximum atomic E-state index is 12.3. The number of carbonyl (C=O) groups is 3. The lowest BCUT2D eigenvalue weighted by Crippen LogP contribution is -2.47. The van der Waals surface area contributed by atoms with E-state index in [0.29, 0.717) is 10.2 Å². The fourth-order valence-corrected chi connectivity index (χ4v) is 3.26. The summed E-state index contributed by atoms with van der Waals surface area (Å²) in [6, 6.07) is 4.49. The Hall–Kier alpha value is -1.69. The fourth-order valence-electron chi connectivity index (χ4n) is 2.90. The first-order valence-corrected chi connectivity index (χ1v) is 7.86. The number of imide groups is 1. The largest absolute Gasteiger partial charge is 0.335 e. The summed E-state index contributed by atoms with van der Waals surface area (Å²) >= 11 is 3.27. The highest BCUT2D eigenvalue weighted by Gasteiger charge is 2.40. The molecule has 3 amide bonds. The van der Waals surface area contributed by atoms with Gasteiger partial charge in [0.15, 0.2) is 0 Å². The number of fused-ring (bicyclic) bond motifs is 1. The van der Waals surface area contributed by atoms with Crippen molar-refractivity contribution in [2.75, 3.05) is 4.90 Å². The summed E-state index contributed by atoms with van der Waals surface area (Å²) in [4.78, 5) is 37.3. The highest BCUT2D eigenvalue weighted by Crippen LogP contribution is 2.31. The number of carbonyl (C=O) groups excluding carboxylic acids is 3. The summed E-state index contributed by atoms with van der Waals surface area (Å²) in [6.07, 6.45) is 5.21. The predicted octanol–water partition coefficient (Wildman–Crippen LogP) is 3.02. The smallest absolute Gasteiger partial charge is 0.329 e. The van der Waals surface area contributed by atoms with Gasteiger partial charge in [0, 0.05) is 10.5 Å². The number of ketones is 1. The van der Waals surface area contributed by atoms with Gasteiger partial charge in [-0.1, -0.05) is 35.2 Å². The number of urea groups is 1. The highest BCUT2D eigenvalue weighted by atomic mass is 79.9. The SMILES string of the molecule is O=C1C(=O)N(C(=O)NC2CCCCC2)c2ccc(Br)cc21. The van der Waals surface area contributed by atoms with Crippen molar-refractivity contribution in [2.24, 2.45) is 0 Å². The zero-order valence-electron chi connectivity index (χ0n) is 11.4. The molecule has 1 aliphatic carbocycles. The minimum Gasteiger partial charge on any atom is -0.335 e. The molecule has 1 heterocycles. The van der Waals surface area contributed by atoms with Gasteiger partial charge in [-0.15, -0.1) is 0 Å². The molecule has 1 fully saturated rings. The molecule has 0 radical (unpaired) electrons. The first-order valence-electron chi connectivity index (χ1n) is 7.07. The third kappa shape index (κ3) is 2.60. The van der Waals surface area contributed by atoms with E-state index in [1.165, 1.54) is 6.42 Å². The Morgan fingerprint density at radius 3 is 2.62 bits per heavy atom. The third-order valence-corrected chi connectivity index (χ3v) is 4.47. The molecule has 0 bridgehead atoms. The van der Waals surface area contributed by atoms with Gasteiger partial charge in [0.2, 0.25) is 0 Å². The molecule has 0 unspecified atom stereocenters. The Kier molecular flexibility index (Phi) is 3.80. The van der Waals surface area contributed by atoms with E-state index in [-0.39, 0.29) is 11.6 Å². The van der Waals surface area contributed by atoms with Crippen molar-refractivity contribution in [2.45, 2.75) is 38.1 Å². The minimum atomic E-state index is -0.781. The third-order valence-electron chi connectivity index (χ3n) is 3.98. The lowest BCUT2D eigenvalue weighted by atomic mass is 9.96. The van der Waals surface area contributed by atoms with Gasteiger partial charge in [-0.3, -0.25) is 9.59 Å². The molecule has 0 spiro atoms. The van der Waals surface area contributed by atoms with Gasteiger partial charge in [-0.05, 0) is 31.0 Å². The molecule has 1 aliphatic heterocycles. The van der Waals surface area contributed by atoms with Crippen LogP contribution in [0, 0.1) is 0 Å². The summed E-state index contributed by atoms with van der Waals surface area (Å²) < 4.78 is 0.705. The van der Waals surface area contributed by atoms with Gasteiger partial charge in [0.05, 0.1) is 11.3 Å². The highest BCUT2D eigenvalue weighted by molar-refractivity contribution is 9.10.